The fourth-order valence-electron chi connectivity index (χ4n) is 1.08. The third-order valence-corrected chi connectivity index (χ3v) is 2.51. The summed E-state index contributed by atoms with van der Waals surface area (Å²) in [4.78, 5) is 4.08. The molecule has 1 aromatic heterocycles. The Kier molecular flexibility index (Phi) is 2.94. The zero-order valence-corrected chi connectivity index (χ0v) is 8.99. The van der Waals surface area contributed by atoms with Crippen molar-refractivity contribution >= 4 is 11.5 Å². The molecule has 0 aliphatic carbocycles. The fourth-order valence-corrected chi connectivity index (χ4v) is 1.64. The molecule has 0 fully saturated rings. The van der Waals surface area contributed by atoms with Gasteiger partial charge in [-0.2, -0.15) is 9.36 Å². The van der Waals surface area contributed by atoms with Crippen molar-refractivity contribution in [1.29, 1.82) is 0 Å². The number of nitrogens with zero attached hydrogens (tertiary/aromatic N) is 2. The molecular weight excluding hydrogens is 212 g/mol. The molecule has 0 amide bonds. The van der Waals surface area contributed by atoms with E-state index in [4.69, 9.17) is 9.84 Å². The first-order valence-corrected chi connectivity index (χ1v) is 5.23. The molecule has 0 aliphatic heterocycles. The normalized spacial score (nSPS) is 10.3. The van der Waals surface area contributed by atoms with Crippen molar-refractivity contribution in [3.05, 3.63) is 35.7 Å². The molecule has 78 valence electrons. The van der Waals surface area contributed by atoms with Crippen molar-refractivity contribution < 1.29 is 9.84 Å². The maximum absolute atomic E-state index is 8.86. The van der Waals surface area contributed by atoms with Gasteiger partial charge in [-0.05, 0) is 24.6 Å². The molecule has 0 bridgehead atoms. The van der Waals surface area contributed by atoms with Gasteiger partial charge in [-0.1, -0.05) is 12.1 Å². The highest BCUT2D eigenvalue weighted by atomic mass is 32.1. The molecule has 1 heterocycles. The topological polar surface area (TPSA) is 55.2 Å². The number of aliphatic hydroxyl groups is 1. The van der Waals surface area contributed by atoms with Crippen LogP contribution in [0.1, 0.15) is 11.4 Å². The van der Waals surface area contributed by atoms with E-state index in [0.29, 0.717) is 16.8 Å². The first kappa shape index (κ1) is 10.1. The lowest BCUT2D eigenvalue weighted by Crippen LogP contribution is -1.85. The van der Waals surface area contributed by atoms with Gasteiger partial charge in [0.1, 0.15) is 11.6 Å². The third kappa shape index (κ3) is 2.51. The van der Waals surface area contributed by atoms with E-state index in [0.717, 1.165) is 5.56 Å². The Labute approximate surface area is 91.3 Å². The molecule has 0 spiro atoms. The molecule has 0 saturated heterocycles. The molecule has 2 aromatic rings. The van der Waals surface area contributed by atoms with Gasteiger partial charge in [0.15, 0.2) is 0 Å². The quantitative estimate of drug-likeness (QED) is 0.864. The number of benzene rings is 1. The second kappa shape index (κ2) is 4.37. The highest BCUT2D eigenvalue weighted by Crippen LogP contribution is 2.22. The van der Waals surface area contributed by atoms with Crippen LogP contribution in [0.4, 0.5) is 0 Å². The summed E-state index contributed by atoms with van der Waals surface area (Å²) in [5.41, 5.74) is 0.857. The standard InChI is InChI=1S/C10H10N2O2S/c1-7-11-10(15-12-7)14-9-4-2-8(6-13)3-5-9/h2-5,13H,6H2,1H3. The lowest BCUT2D eigenvalue weighted by atomic mass is 10.2. The van der Waals surface area contributed by atoms with Gasteiger partial charge in [0, 0.05) is 11.5 Å². The Balaban J connectivity index is 2.11. The van der Waals surface area contributed by atoms with Crippen LogP contribution in [0, 0.1) is 6.92 Å². The fraction of sp³-hybridized carbons (Fsp3) is 0.200. The number of hydrogen-bond acceptors (Lipinski definition) is 5. The van der Waals surface area contributed by atoms with Crippen molar-refractivity contribution in [2.75, 3.05) is 0 Å². The predicted octanol–water partition coefficient (Wildman–Crippen LogP) is 2.13. The number of rotatable bonds is 3. The second-order valence-electron chi connectivity index (χ2n) is 3.01. The van der Waals surface area contributed by atoms with Crippen molar-refractivity contribution in [3.8, 4) is 10.9 Å². The summed E-state index contributed by atoms with van der Waals surface area (Å²) in [7, 11) is 0. The van der Waals surface area contributed by atoms with Crippen LogP contribution in [0.2, 0.25) is 0 Å². The lowest BCUT2D eigenvalue weighted by molar-refractivity contribution is 0.281. The molecule has 0 unspecified atom stereocenters. The molecule has 1 aromatic carbocycles. The molecule has 0 radical (unpaired) electrons. The van der Waals surface area contributed by atoms with Crippen LogP contribution in [0.25, 0.3) is 0 Å². The molecular formula is C10H10N2O2S. The van der Waals surface area contributed by atoms with E-state index in [2.05, 4.69) is 9.36 Å². The Hall–Kier alpha value is -1.46. The van der Waals surface area contributed by atoms with Gasteiger partial charge < -0.3 is 9.84 Å². The SMILES string of the molecule is Cc1nsc(Oc2ccc(CO)cc2)n1. The number of aryl methyl sites for hydroxylation is 1. The van der Waals surface area contributed by atoms with E-state index in [1.165, 1.54) is 11.5 Å². The largest absolute Gasteiger partial charge is 0.430 e. The van der Waals surface area contributed by atoms with Crippen molar-refractivity contribution in [1.82, 2.24) is 9.36 Å². The lowest BCUT2D eigenvalue weighted by Gasteiger charge is -2.01. The molecule has 2 rings (SSSR count). The van der Waals surface area contributed by atoms with E-state index in [-0.39, 0.29) is 6.61 Å². The highest BCUT2D eigenvalue weighted by molar-refractivity contribution is 7.07. The van der Waals surface area contributed by atoms with Crippen molar-refractivity contribution in [3.63, 3.8) is 0 Å². The van der Waals surface area contributed by atoms with Crippen LogP contribution in [-0.2, 0) is 6.61 Å². The molecule has 0 atom stereocenters. The summed E-state index contributed by atoms with van der Waals surface area (Å²) < 4.78 is 9.47. The number of ether oxygens (including phenoxy) is 1. The van der Waals surface area contributed by atoms with Crippen LogP contribution in [0.5, 0.6) is 10.9 Å². The zero-order valence-electron chi connectivity index (χ0n) is 8.17. The van der Waals surface area contributed by atoms with Gasteiger partial charge in [-0.25, -0.2) is 0 Å². The maximum Gasteiger partial charge on any atom is 0.298 e. The Morgan fingerprint density at radius 3 is 2.60 bits per heavy atom. The minimum absolute atomic E-state index is 0.0399. The van der Waals surface area contributed by atoms with Crippen LogP contribution in [-0.4, -0.2) is 14.5 Å². The van der Waals surface area contributed by atoms with Gasteiger partial charge in [-0.15, -0.1) is 0 Å². The molecule has 15 heavy (non-hydrogen) atoms. The van der Waals surface area contributed by atoms with Crippen LogP contribution >= 0.6 is 11.5 Å². The predicted molar refractivity (Wildman–Crippen MR) is 57.1 cm³/mol. The maximum atomic E-state index is 8.86. The third-order valence-electron chi connectivity index (χ3n) is 1.82. The van der Waals surface area contributed by atoms with Crippen molar-refractivity contribution in [2.45, 2.75) is 13.5 Å². The average molecular weight is 222 g/mol. The number of aromatic nitrogens is 2. The summed E-state index contributed by atoms with van der Waals surface area (Å²) in [5, 5.41) is 9.39. The summed E-state index contributed by atoms with van der Waals surface area (Å²) in [6, 6.07) is 7.21. The minimum atomic E-state index is 0.0399. The summed E-state index contributed by atoms with van der Waals surface area (Å²) in [6.45, 7) is 1.86. The monoisotopic (exact) mass is 222 g/mol. The minimum Gasteiger partial charge on any atom is -0.430 e. The summed E-state index contributed by atoms with van der Waals surface area (Å²) >= 11 is 1.22. The first-order valence-electron chi connectivity index (χ1n) is 4.46. The van der Waals surface area contributed by atoms with E-state index in [1.807, 2.05) is 19.1 Å². The Morgan fingerprint density at radius 2 is 2.07 bits per heavy atom. The van der Waals surface area contributed by atoms with E-state index >= 15 is 0 Å². The summed E-state index contributed by atoms with van der Waals surface area (Å²) in [6.07, 6.45) is 0. The molecule has 5 heteroatoms. The average Bonchev–Trinajstić information content (AvgIpc) is 2.65. The zero-order chi connectivity index (χ0) is 10.7. The molecule has 1 N–H and O–H groups in total. The van der Waals surface area contributed by atoms with Gasteiger partial charge in [0.2, 0.25) is 0 Å². The van der Waals surface area contributed by atoms with E-state index in [1.54, 1.807) is 12.1 Å². The first-order chi connectivity index (χ1) is 7.28. The van der Waals surface area contributed by atoms with Gasteiger partial charge in [0.05, 0.1) is 6.61 Å². The Morgan fingerprint density at radius 1 is 1.33 bits per heavy atom. The van der Waals surface area contributed by atoms with E-state index in [9.17, 15) is 0 Å². The molecule has 4 nitrogen and oxygen atoms in total. The highest BCUT2D eigenvalue weighted by Gasteiger charge is 2.02. The van der Waals surface area contributed by atoms with E-state index < -0.39 is 0 Å². The number of hydrogen-bond donors (Lipinski definition) is 1. The Bertz CT molecular complexity index is 439. The van der Waals surface area contributed by atoms with Crippen LogP contribution in [0.15, 0.2) is 24.3 Å². The van der Waals surface area contributed by atoms with Crippen LogP contribution < -0.4 is 4.74 Å². The number of aliphatic hydroxyl groups excluding tert-OH is 1. The second-order valence-corrected chi connectivity index (χ2v) is 3.73. The van der Waals surface area contributed by atoms with Gasteiger partial charge >= 0.3 is 0 Å². The van der Waals surface area contributed by atoms with Gasteiger partial charge in [0.25, 0.3) is 5.19 Å². The molecule has 0 saturated carbocycles. The van der Waals surface area contributed by atoms with Crippen LogP contribution in [0.3, 0.4) is 0 Å². The molecule has 0 aliphatic rings. The summed E-state index contributed by atoms with van der Waals surface area (Å²) in [5.74, 6) is 1.41. The van der Waals surface area contributed by atoms with Gasteiger partial charge in [-0.3, -0.25) is 0 Å². The van der Waals surface area contributed by atoms with Crippen molar-refractivity contribution in [2.24, 2.45) is 0 Å². The smallest absolute Gasteiger partial charge is 0.298 e.